The third-order valence-corrected chi connectivity index (χ3v) is 3.53. The van der Waals surface area contributed by atoms with Crippen LogP contribution in [0, 0.1) is 11.7 Å². The van der Waals surface area contributed by atoms with Crippen LogP contribution in [0.3, 0.4) is 0 Å². The van der Waals surface area contributed by atoms with Gasteiger partial charge in [0.1, 0.15) is 5.82 Å². The van der Waals surface area contributed by atoms with Crippen molar-refractivity contribution in [2.45, 2.75) is 26.0 Å². The second-order valence-corrected chi connectivity index (χ2v) is 4.83. The van der Waals surface area contributed by atoms with Crippen LogP contribution in [0.5, 0.6) is 0 Å². The second-order valence-electron chi connectivity index (χ2n) is 4.83. The average Bonchev–Trinajstić information content (AvgIpc) is 2.72. The Bertz CT molecular complexity index is 375. The first-order valence-electron chi connectivity index (χ1n) is 6.01. The summed E-state index contributed by atoms with van der Waals surface area (Å²) in [7, 11) is 0. The molecule has 1 aliphatic rings. The fraction of sp³-hybridized carbons (Fsp3) is 0.538. The van der Waals surface area contributed by atoms with E-state index in [1.807, 2.05) is 6.92 Å². The molecule has 4 heteroatoms. The number of hydrogen-bond donors (Lipinski definition) is 2. The van der Waals surface area contributed by atoms with E-state index in [2.05, 4.69) is 4.90 Å². The van der Waals surface area contributed by atoms with E-state index < -0.39 is 0 Å². The van der Waals surface area contributed by atoms with Gasteiger partial charge >= 0.3 is 0 Å². The summed E-state index contributed by atoms with van der Waals surface area (Å²) in [5.41, 5.74) is 6.85. The van der Waals surface area contributed by atoms with Gasteiger partial charge in [0, 0.05) is 24.3 Å². The van der Waals surface area contributed by atoms with E-state index in [9.17, 15) is 9.50 Å². The highest BCUT2D eigenvalue weighted by Crippen LogP contribution is 2.24. The summed E-state index contributed by atoms with van der Waals surface area (Å²) in [6, 6.07) is 4.78. The van der Waals surface area contributed by atoms with Crippen molar-refractivity contribution < 1.29 is 9.50 Å². The Hall–Kier alpha value is -1.13. The minimum atomic E-state index is -0.294. The lowest BCUT2D eigenvalue weighted by atomic mass is 10.0. The highest BCUT2D eigenvalue weighted by Gasteiger charge is 2.26. The van der Waals surface area contributed by atoms with Crippen molar-refractivity contribution in [3.8, 4) is 0 Å². The van der Waals surface area contributed by atoms with Crippen LogP contribution in [0.2, 0.25) is 0 Å². The molecule has 1 fully saturated rings. The summed E-state index contributed by atoms with van der Waals surface area (Å²) in [6.07, 6.45) is 0.671. The molecular formula is C13H19FN2O. The normalized spacial score (nSPS) is 22.9. The van der Waals surface area contributed by atoms with Crippen LogP contribution in [0.1, 0.15) is 18.9 Å². The zero-order chi connectivity index (χ0) is 12.4. The Labute approximate surface area is 101 Å². The van der Waals surface area contributed by atoms with Crippen LogP contribution >= 0.6 is 0 Å². The van der Waals surface area contributed by atoms with Crippen molar-refractivity contribution in [1.82, 2.24) is 4.90 Å². The molecule has 94 valence electrons. The Morgan fingerprint density at radius 2 is 2.35 bits per heavy atom. The first-order chi connectivity index (χ1) is 8.08. The molecule has 0 aromatic heterocycles. The zero-order valence-corrected chi connectivity index (χ0v) is 10.1. The zero-order valence-electron chi connectivity index (χ0n) is 10.1. The van der Waals surface area contributed by atoms with Gasteiger partial charge in [-0.3, -0.25) is 4.90 Å². The second kappa shape index (κ2) is 5.02. The van der Waals surface area contributed by atoms with Gasteiger partial charge in [-0.2, -0.15) is 0 Å². The largest absolute Gasteiger partial charge is 0.398 e. The smallest absolute Gasteiger partial charge is 0.129 e. The molecule has 1 heterocycles. The minimum Gasteiger partial charge on any atom is -0.398 e. The van der Waals surface area contributed by atoms with Crippen LogP contribution in [0.15, 0.2) is 18.2 Å². The molecule has 17 heavy (non-hydrogen) atoms. The molecule has 2 unspecified atom stereocenters. The quantitative estimate of drug-likeness (QED) is 0.787. The van der Waals surface area contributed by atoms with Crippen molar-refractivity contribution >= 4 is 5.69 Å². The lowest BCUT2D eigenvalue weighted by molar-refractivity contribution is 0.127. The predicted octanol–water partition coefficient (Wildman–Crippen LogP) is 1.61. The van der Waals surface area contributed by atoms with Gasteiger partial charge in [0.15, 0.2) is 0 Å². The SMILES string of the molecule is CC(O)C1CCN(Cc2c(N)cccc2F)C1. The molecule has 1 aromatic carbocycles. The molecule has 2 rings (SSSR count). The highest BCUT2D eigenvalue weighted by molar-refractivity contribution is 5.47. The Kier molecular flexibility index (Phi) is 3.64. The maximum atomic E-state index is 13.6. The number of nitrogens with zero attached hydrogens (tertiary/aromatic N) is 1. The van der Waals surface area contributed by atoms with E-state index in [0.29, 0.717) is 23.7 Å². The molecule has 0 aliphatic carbocycles. The van der Waals surface area contributed by atoms with E-state index in [0.717, 1.165) is 19.5 Å². The number of anilines is 1. The van der Waals surface area contributed by atoms with Gasteiger partial charge in [-0.1, -0.05) is 6.07 Å². The minimum absolute atomic E-state index is 0.245. The molecule has 2 atom stereocenters. The van der Waals surface area contributed by atoms with Crippen molar-refractivity contribution in [2.75, 3.05) is 18.8 Å². The number of halogens is 1. The monoisotopic (exact) mass is 238 g/mol. The van der Waals surface area contributed by atoms with Crippen molar-refractivity contribution in [3.05, 3.63) is 29.6 Å². The van der Waals surface area contributed by atoms with E-state index in [1.54, 1.807) is 12.1 Å². The Balaban J connectivity index is 2.03. The van der Waals surface area contributed by atoms with Gasteiger partial charge in [0.05, 0.1) is 6.10 Å². The van der Waals surface area contributed by atoms with Gasteiger partial charge < -0.3 is 10.8 Å². The Morgan fingerprint density at radius 1 is 1.59 bits per heavy atom. The molecule has 1 aliphatic heterocycles. The third kappa shape index (κ3) is 2.76. The van der Waals surface area contributed by atoms with Crippen LogP contribution in [-0.4, -0.2) is 29.2 Å². The van der Waals surface area contributed by atoms with Gasteiger partial charge in [-0.05, 0) is 37.9 Å². The molecule has 0 saturated carbocycles. The van der Waals surface area contributed by atoms with E-state index in [1.165, 1.54) is 6.07 Å². The predicted molar refractivity (Wildman–Crippen MR) is 65.9 cm³/mol. The van der Waals surface area contributed by atoms with Gasteiger partial charge in [-0.25, -0.2) is 4.39 Å². The van der Waals surface area contributed by atoms with E-state index in [-0.39, 0.29) is 11.9 Å². The van der Waals surface area contributed by atoms with Crippen molar-refractivity contribution in [2.24, 2.45) is 5.92 Å². The van der Waals surface area contributed by atoms with Crippen molar-refractivity contribution in [3.63, 3.8) is 0 Å². The lowest BCUT2D eigenvalue weighted by Crippen LogP contribution is -2.24. The van der Waals surface area contributed by atoms with Gasteiger partial charge in [-0.15, -0.1) is 0 Å². The molecule has 0 spiro atoms. The highest BCUT2D eigenvalue weighted by atomic mass is 19.1. The molecule has 3 nitrogen and oxygen atoms in total. The van der Waals surface area contributed by atoms with Crippen LogP contribution in [0.25, 0.3) is 0 Å². The topological polar surface area (TPSA) is 49.5 Å². The Morgan fingerprint density at radius 3 is 2.94 bits per heavy atom. The summed E-state index contributed by atoms with van der Waals surface area (Å²) in [5.74, 6) is 0.0495. The lowest BCUT2D eigenvalue weighted by Gasteiger charge is -2.18. The molecular weight excluding hydrogens is 219 g/mol. The number of rotatable bonds is 3. The molecule has 1 aromatic rings. The maximum absolute atomic E-state index is 13.6. The standard InChI is InChI=1S/C13H19FN2O/c1-9(17)10-5-6-16(7-10)8-11-12(14)3-2-4-13(11)15/h2-4,9-10,17H,5-8,15H2,1H3. The molecule has 0 amide bonds. The number of nitrogens with two attached hydrogens (primary N) is 1. The maximum Gasteiger partial charge on any atom is 0.129 e. The van der Waals surface area contributed by atoms with Gasteiger partial charge in [0.25, 0.3) is 0 Å². The van der Waals surface area contributed by atoms with Crippen LogP contribution in [0.4, 0.5) is 10.1 Å². The number of aliphatic hydroxyl groups excluding tert-OH is 1. The summed E-state index contributed by atoms with van der Waals surface area (Å²) in [6.45, 7) is 4.04. The molecule has 1 saturated heterocycles. The van der Waals surface area contributed by atoms with Crippen LogP contribution < -0.4 is 5.73 Å². The summed E-state index contributed by atoms with van der Waals surface area (Å²) >= 11 is 0. The van der Waals surface area contributed by atoms with Crippen LogP contribution in [-0.2, 0) is 6.54 Å². The number of aliphatic hydroxyl groups is 1. The first-order valence-corrected chi connectivity index (χ1v) is 6.01. The third-order valence-electron chi connectivity index (χ3n) is 3.53. The summed E-state index contributed by atoms with van der Waals surface area (Å²) < 4.78 is 13.6. The average molecular weight is 238 g/mol. The van der Waals surface area contributed by atoms with Crippen molar-refractivity contribution in [1.29, 1.82) is 0 Å². The molecule has 0 radical (unpaired) electrons. The number of likely N-dealkylation sites (tertiary alicyclic amines) is 1. The summed E-state index contributed by atoms with van der Waals surface area (Å²) in [4.78, 5) is 2.14. The number of hydrogen-bond acceptors (Lipinski definition) is 3. The molecule has 0 bridgehead atoms. The summed E-state index contributed by atoms with van der Waals surface area (Å²) in [5, 5.41) is 9.52. The van der Waals surface area contributed by atoms with Gasteiger partial charge in [0.2, 0.25) is 0 Å². The van der Waals surface area contributed by atoms with E-state index >= 15 is 0 Å². The first kappa shape index (κ1) is 12.3. The molecule has 3 N–H and O–H groups in total. The fourth-order valence-electron chi connectivity index (χ4n) is 2.37. The van der Waals surface area contributed by atoms with E-state index in [4.69, 9.17) is 5.73 Å². The fourth-order valence-corrected chi connectivity index (χ4v) is 2.37. The number of nitrogen functional groups attached to an aromatic ring is 1. The number of benzene rings is 1.